The van der Waals surface area contributed by atoms with Gasteiger partial charge < -0.3 is 15.2 Å². The van der Waals surface area contributed by atoms with E-state index in [1.165, 1.54) is 13.2 Å². The van der Waals surface area contributed by atoms with Crippen molar-refractivity contribution < 1.29 is 14.2 Å². The Labute approximate surface area is 101 Å². The van der Waals surface area contributed by atoms with Crippen molar-refractivity contribution in [2.45, 2.75) is 24.8 Å². The highest BCUT2D eigenvalue weighted by molar-refractivity contribution is 5.30. The Kier molecular flexibility index (Phi) is 3.64. The number of nitrogens with one attached hydrogen (secondary N) is 1. The third kappa shape index (κ3) is 2.58. The molecule has 1 heterocycles. The Morgan fingerprint density at radius 3 is 2.88 bits per heavy atom. The van der Waals surface area contributed by atoms with Crippen molar-refractivity contribution in [3.8, 4) is 5.75 Å². The first-order chi connectivity index (χ1) is 8.19. The van der Waals surface area contributed by atoms with Gasteiger partial charge in [-0.2, -0.15) is 0 Å². The molecule has 4 heteroatoms. The predicted octanol–water partition coefficient (Wildman–Crippen LogP) is 1.49. The van der Waals surface area contributed by atoms with Crippen molar-refractivity contribution in [3.63, 3.8) is 0 Å². The molecule has 1 fully saturated rings. The van der Waals surface area contributed by atoms with Crippen molar-refractivity contribution in [2.75, 3.05) is 20.3 Å². The van der Waals surface area contributed by atoms with Gasteiger partial charge in [-0.1, -0.05) is 6.07 Å². The summed E-state index contributed by atoms with van der Waals surface area (Å²) in [5.41, 5.74) is 0.604. The molecule has 94 valence electrons. The van der Waals surface area contributed by atoms with Crippen molar-refractivity contribution in [1.29, 1.82) is 0 Å². The minimum absolute atomic E-state index is 0.0840. The molecule has 0 bridgehead atoms. The van der Waals surface area contributed by atoms with Gasteiger partial charge >= 0.3 is 0 Å². The second kappa shape index (κ2) is 5.02. The van der Waals surface area contributed by atoms with Crippen LogP contribution in [0.2, 0.25) is 0 Å². The molecule has 0 aliphatic carbocycles. The summed E-state index contributed by atoms with van der Waals surface area (Å²) >= 11 is 0. The lowest BCUT2D eigenvalue weighted by molar-refractivity contribution is 0.177. The molecule has 0 aromatic heterocycles. The van der Waals surface area contributed by atoms with Gasteiger partial charge in [0.1, 0.15) is 0 Å². The first kappa shape index (κ1) is 12.3. The predicted molar refractivity (Wildman–Crippen MR) is 63.7 cm³/mol. The van der Waals surface area contributed by atoms with Crippen LogP contribution in [-0.4, -0.2) is 30.9 Å². The topological polar surface area (TPSA) is 41.5 Å². The van der Waals surface area contributed by atoms with Gasteiger partial charge in [-0.05, 0) is 43.5 Å². The van der Waals surface area contributed by atoms with E-state index in [0.29, 0.717) is 6.42 Å². The van der Waals surface area contributed by atoms with E-state index >= 15 is 0 Å². The van der Waals surface area contributed by atoms with Gasteiger partial charge in [0.15, 0.2) is 11.6 Å². The average molecular weight is 239 g/mol. The molecule has 0 radical (unpaired) electrons. The molecule has 1 atom stereocenters. The number of aliphatic hydroxyl groups is 1. The van der Waals surface area contributed by atoms with Crippen molar-refractivity contribution in [2.24, 2.45) is 0 Å². The SMILES string of the molecule is COc1ccc(CC2(CO)CCCN2)cc1F. The summed E-state index contributed by atoms with van der Waals surface area (Å²) in [7, 11) is 1.45. The van der Waals surface area contributed by atoms with Crippen molar-refractivity contribution >= 4 is 0 Å². The molecular formula is C13H18FNO2. The Hall–Kier alpha value is -1.13. The molecular weight excluding hydrogens is 221 g/mol. The van der Waals surface area contributed by atoms with E-state index in [4.69, 9.17) is 4.74 Å². The first-order valence-corrected chi connectivity index (χ1v) is 5.87. The highest BCUT2D eigenvalue weighted by Crippen LogP contribution is 2.26. The largest absolute Gasteiger partial charge is 0.494 e. The van der Waals surface area contributed by atoms with Gasteiger partial charge in [-0.15, -0.1) is 0 Å². The molecule has 0 amide bonds. The van der Waals surface area contributed by atoms with Crippen LogP contribution in [0.4, 0.5) is 4.39 Å². The highest BCUT2D eigenvalue weighted by atomic mass is 19.1. The Bertz CT molecular complexity index is 389. The number of aliphatic hydroxyl groups excluding tert-OH is 1. The maximum absolute atomic E-state index is 13.5. The molecule has 2 N–H and O–H groups in total. The van der Waals surface area contributed by atoms with Gasteiger partial charge in [-0.25, -0.2) is 4.39 Å². The lowest BCUT2D eigenvalue weighted by Gasteiger charge is -2.27. The fourth-order valence-corrected chi connectivity index (χ4v) is 2.42. The van der Waals surface area contributed by atoms with E-state index in [1.54, 1.807) is 6.07 Å². The lowest BCUT2D eigenvalue weighted by Crippen LogP contribution is -2.45. The summed E-state index contributed by atoms with van der Waals surface area (Å²) in [6, 6.07) is 4.96. The van der Waals surface area contributed by atoms with Gasteiger partial charge in [0.25, 0.3) is 0 Å². The molecule has 3 nitrogen and oxygen atoms in total. The van der Waals surface area contributed by atoms with E-state index in [2.05, 4.69) is 5.32 Å². The minimum Gasteiger partial charge on any atom is -0.494 e. The molecule has 2 rings (SSSR count). The number of benzene rings is 1. The van der Waals surface area contributed by atoms with E-state index in [9.17, 15) is 9.50 Å². The van der Waals surface area contributed by atoms with Crippen LogP contribution in [0.15, 0.2) is 18.2 Å². The smallest absolute Gasteiger partial charge is 0.165 e. The summed E-state index contributed by atoms with van der Waals surface area (Å²) in [6.45, 7) is 1.000. The van der Waals surface area contributed by atoms with E-state index in [1.807, 2.05) is 6.07 Å². The van der Waals surface area contributed by atoms with Crippen molar-refractivity contribution in [1.82, 2.24) is 5.32 Å². The van der Waals surface area contributed by atoms with E-state index in [0.717, 1.165) is 24.9 Å². The van der Waals surface area contributed by atoms with Gasteiger partial charge in [-0.3, -0.25) is 0 Å². The maximum Gasteiger partial charge on any atom is 0.165 e. The Balaban J connectivity index is 2.15. The Morgan fingerprint density at radius 2 is 2.35 bits per heavy atom. The normalized spacial score (nSPS) is 23.9. The third-order valence-corrected chi connectivity index (χ3v) is 3.39. The molecule has 1 aliphatic rings. The van der Waals surface area contributed by atoms with Crippen LogP contribution in [0.1, 0.15) is 18.4 Å². The van der Waals surface area contributed by atoms with Crippen LogP contribution in [0.5, 0.6) is 5.75 Å². The third-order valence-electron chi connectivity index (χ3n) is 3.39. The fourth-order valence-electron chi connectivity index (χ4n) is 2.42. The lowest BCUT2D eigenvalue weighted by atomic mass is 9.90. The number of hydrogen-bond acceptors (Lipinski definition) is 3. The van der Waals surface area contributed by atoms with Gasteiger partial charge in [0, 0.05) is 5.54 Å². The standard InChI is InChI=1S/C13H18FNO2/c1-17-12-4-3-10(7-11(12)14)8-13(9-16)5-2-6-15-13/h3-4,7,15-16H,2,5-6,8-9H2,1H3. The fraction of sp³-hybridized carbons (Fsp3) is 0.538. The van der Waals surface area contributed by atoms with Crippen LogP contribution >= 0.6 is 0 Å². The number of rotatable bonds is 4. The molecule has 0 spiro atoms. The second-order valence-electron chi connectivity index (χ2n) is 4.61. The molecule has 1 unspecified atom stereocenters. The van der Waals surface area contributed by atoms with Gasteiger partial charge in [0.2, 0.25) is 0 Å². The zero-order valence-electron chi connectivity index (χ0n) is 10.0. The van der Waals surface area contributed by atoms with Crippen LogP contribution in [0.3, 0.4) is 0 Å². The van der Waals surface area contributed by atoms with Crippen molar-refractivity contribution in [3.05, 3.63) is 29.6 Å². The molecule has 1 saturated heterocycles. The summed E-state index contributed by atoms with van der Waals surface area (Å²) < 4.78 is 18.4. The summed E-state index contributed by atoms with van der Waals surface area (Å²) in [4.78, 5) is 0. The number of ether oxygens (including phenoxy) is 1. The zero-order valence-corrected chi connectivity index (χ0v) is 10.0. The number of halogens is 1. The van der Waals surface area contributed by atoms with Crippen LogP contribution < -0.4 is 10.1 Å². The van der Waals surface area contributed by atoms with E-state index in [-0.39, 0.29) is 23.7 Å². The van der Waals surface area contributed by atoms with Crippen LogP contribution in [-0.2, 0) is 6.42 Å². The monoisotopic (exact) mass is 239 g/mol. The zero-order chi connectivity index (χ0) is 12.3. The highest BCUT2D eigenvalue weighted by Gasteiger charge is 2.32. The summed E-state index contributed by atoms with van der Waals surface area (Å²) in [5, 5.41) is 12.8. The summed E-state index contributed by atoms with van der Waals surface area (Å²) in [5.74, 6) is -0.0951. The van der Waals surface area contributed by atoms with E-state index < -0.39 is 0 Å². The molecule has 1 aromatic carbocycles. The minimum atomic E-state index is -0.351. The Morgan fingerprint density at radius 1 is 1.53 bits per heavy atom. The first-order valence-electron chi connectivity index (χ1n) is 5.87. The summed E-state index contributed by atoms with van der Waals surface area (Å²) in [6.07, 6.45) is 2.63. The van der Waals surface area contributed by atoms with Crippen LogP contribution in [0.25, 0.3) is 0 Å². The quantitative estimate of drug-likeness (QED) is 0.836. The number of hydrogen-bond donors (Lipinski definition) is 2. The van der Waals surface area contributed by atoms with Gasteiger partial charge in [0.05, 0.1) is 13.7 Å². The average Bonchev–Trinajstić information content (AvgIpc) is 2.79. The molecule has 17 heavy (non-hydrogen) atoms. The maximum atomic E-state index is 13.5. The number of methoxy groups -OCH3 is 1. The molecule has 1 aromatic rings. The second-order valence-corrected chi connectivity index (χ2v) is 4.61. The molecule has 1 aliphatic heterocycles. The molecule has 0 saturated carbocycles. The van der Waals surface area contributed by atoms with Crippen LogP contribution in [0, 0.1) is 5.82 Å².